The number of hydrogen-bond acceptors (Lipinski definition) is 3. The lowest BCUT2D eigenvalue weighted by molar-refractivity contribution is 0.820. The van der Waals surface area contributed by atoms with Crippen molar-refractivity contribution in [2.24, 2.45) is 0 Å². The summed E-state index contributed by atoms with van der Waals surface area (Å²) in [4.78, 5) is 17.6. The van der Waals surface area contributed by atoms with E-state index in [4.69, 9.17) is 0 Å². The summed E-state index contributed by atoms with van der Waals surface area (Å²) < 4.78 is 1.68. The molecular weight excluding hydrogens is 292 g/mol. The van der Waals surface area contributed by atoms with Gasteiger partial charge in [0.2, 0.25) is 0 Å². The highest BCUT2D eigenvalue weighted by atomic mass is 32.2. The second-order valence-corrected chi connectivity index (χ2v) is 5.98. The quantitative estimate of drug-likeness (QED) is 0.415. The van der Waals surface area contributed by atoms with Gasteiger partial charge in [-0.1, -0.05) is 42.1 Å². The largest absolute Gasteiger partial charge is 0.268 e. The zero-order chi connectivity index (χ0) is 15.5. The molecule has 0 atom stereocenters. The number of benzene rings is 2. The van der Waals surface area contributed by atoms with Gasteiger partial charge < -0.3 is 0 Å². The van der Waals surface area contributed by atoms with Gasteiger partial charge in [-0.05, 0) is 36.8 Å². The van der Waals surface area contributed by atoms with Crippen molar-refractivity contribution in [1.82, 2.24) is 9.55 Å². The summed E-state index contributed by atoms with van der Waals surface area (Å²) in [7, 11) is 0. The van der Waals surface area contributed by atoms with Crippen LogP contribution in [0.5, 0.6) is 0 Å². The van der Waals surface area contributed by atoms with E-state index in [1.165, 1.54) is 11.8 Å². The smallest absolute Gasteiger partial charge is 0.266 e. The van der Waals surface area contributed by atoms with E-state index in [0.717, 1.165) is 16.8 Å². The van der Waals surface area contributed by atoms with Crippen LogP contribution in [0.2, 0.25) is 0 Å². The summed E-state index contributed by atoms with van der Waals surface area (Å²) in [5, 5.41) is 1.32. The predicted octanol–water partition coefficient (Wildman–Crippen LogP) is 3.97. The van der Waals surface area contributed by atoms with Crippen molar-refractivity contribution in [2.75, 3.05) is 5.75 Å². The molecule has 0 spiro atoms. The average molecular weight is 308 g/mol. The Bertz CT molecular complexity index is 899. The van der Waals surface area contributed by atoms with E-state index >= 15 is 0 Å². The summed E-state index contributed by atoms with van der Waals surface area (Å²) >= 11 is 1.51. The molecule has 110 valence electrons. The summed E-state index contributed by atoms with van der Waals surface area (Å²) in [5.41, 5.74) is 2.64. The average Bonchev–Trinajstić information content (AvgIpc) is 2.53. The topological polar surface area (TPSA) is 34.9 Å². The Morgan fingerprint density at radius 3 is 2.82 bits per heavy atom. The highest BCUT2D eigenvalue weighted by Gasteiger charge is 2.12. The van der Waals surface area contributed by atoms with Gasteiger partial charge in [-0.25, -0.2) is 4.98 Å². The van der Waals surface area contributed by atoms with Crippen LogP contribution in [-0.4, -0.2) is 15.3 Å². The molecule has 0 saturated heterocycles. The summed E-state index contributed by atoms with van der Waals surface area (Å²) in [6.45, 7) is 5.75. The molecule has 0 aliphatic heterocycles. The Labute approximate surface area is 133 Å². The molecule has 0 radical (unpaired) electrons. The van der Waals surface area contributed by atoms with E-state index in [9.17, 15) is 4.79 Å². The van der Waals surface area contributed by atoms with Gasteiger partial charge in [0.15, 0.2) is 5.16 Å². The van der Waals surface area contributed by atoms with Gasteiger partial charge >= 0.3 is 0 Å². The van der Waals surface area contributed by atoms with E-state index in [-0.39, 0.29) is 5.56 Å². The van der Waals surface area contributed by atoms with Crippen LogP contribution in [0.1, 0.15) is 5.56 Å². The lowest BCUT2D eigenvalue weighted by Crippen LogP contribution is -2.21. The molecule has 3 nitrogen and oxygen atoms in total. The molecule has 0 unspecified atom stereocenters. The SMILES string of the molecule is C=CCSc1nc2ccccc2c(=O)n1-c1cccc(C)c1. The molecule has 3 aromatic rings. The van der Waals surface area contributed by atoms with Gasteiger partial charge in [0.25, 0.3) is 5.56 Å². The van der Waals surface area contributed by atoms with E-state index in [1.54, 1.807) is 4.57 Å². The lowest BCUT2D eigenvalue weighted by Gasteiger charge is -2.13. The van der Waals surface area contributed by atoms with Gasteiger partial charge in [-0.2, -0.15) is 0 Å². The number of fused-ring (bicyclic) bond motifs is 1. The normalized spacial score (nSPS) is 10.8. The molecule has 1 aromatic heterocycles. The second kappa shape index (κ2) is 6.20. The van der Waals surface area contributed by atoms with Gasteiger partial charge in [0.1, 0.15) is 0 Å². The van der Waals surface area contributed by atoms with Gasteiger partial charge in [0, 0.05) is 5.75 Å². The molecule has 3 rings (SSSR count). The molecule has 0 bridgehead atoms. The highest BCUT2D eigenvalue weighted by Crippen LogP contribution is 2.21. The fraction of sp³-hybridized carbons (Fsp3) is 0.111. The van der Waals surface area contributed by atoms with Crippen LogP contribution >= 0.6 is 11.8 Å². The third kappa shape index (κ3) is 2.70. The minimum absolute atomic E-state index is 0.0391. The monoisotopic (exact) mass is 308 g/mol. The van der Waals surface area contributed by atoms with Gasteiger partial charge in [0.05, 0.1) is 16.6 Å². The lowest BCUT2D eigenvalue weighted by atomic mass is 10.2. The molecular formula is C18H16N2OS. The summed E-state index contributed by atoms with van der Waals surface area (Å²) in [6, 6.07) is 15.3. The van der Waals surface area contributed by atoms with Crippen molar-refractivity contribution in [3.05, 3.63) is 77.1 Å². The van der Waals surface area contributed by atoms with Gasteiger partial charge in [-0.3, -0.25) is 9.36 Å². The number of para-hydroxylation sites is 1. The fourth-order valence-corrected chi connectivity index (χ4v) is 3.08. The maximum atomic E-state index is 12.9. The Kier molecular flexibility index (Phi) is 4.11. The van der Waals surface area contributed by atoms with Crippen LogP contribution in [0.3, 0.4) is 0 Å². The fourth-order valence-electron chi connectivity index (χ4n) is 2.34. The first-order chi connectivity index (χ1) is 10.7. The maximum Gasteiger partial charge on any atom is 0.266 e. The Morgan fingerprint density at radius 2 is 2.05 bits per heavy atom. The van der Waals surface area contributed by atoms with Crippen LogP contribution in [0.25, 0.3) is 16.6 Å². The third-order valence-electron chi connectivity index (χ3n) is 3.34. The zero-order valence-corrected chi connectivity index (χ0v) is 13.1. The van der Waals surface area contributed by atoms with Crippen LogP contribution in [-0.2, 0) is 0 Å². The van der Waals surface area contributed by atoms with Crippen LogP contribution in [0, 0.1) is 6.92 Å². The first-order valence-electron chi connectivity index (χ1n) is 7.03. The molecule has 0 aliphatic carbocycles. The highest BCUT2D eigenvalue weighted by molar-refractivity contribution is 7.99. The number of aryl methyl sites for hydroxylation is 1. The molecule has 22 heavy (non-hydrogen) atoms. The number of rotatable bonds is 4. The predicted molar refractivity (Wildman–Crippen MR) is 93.0 cm³/mol. The number of thioether (sulfide) groups is 1. The van der Waals surface area contributed by atoms with Crippen molar-refractivity contribution in [2.45, 2.75) is 12.1 Å². The number of hydrogen-bond donors (Lipinski definition) is 0. The number of nitrogens with zero attached hydrogens (tertiary/aromatic N) is 2. The minimum Gasteiger partial charge on any atom is -0.268 e. The molecule has 0 aliphatic rings. The van der Waals surface area contributed by atoms with Crippen LogP contribution < -0.4 is 5.56 Å². The van der Waals surface area contributed by atoms with Crippen molar-refractivity contribution >= 4 is 22.7 Å². The Hall–Kier alpha value is -2.33. The number of aromatic nitrogens is 2. The summed E-state index contributed by atoms with van der Waals surface area (Å²) in [5.74, 6) is 0.705. The standard InChI is InChI=1S/C18H16N2OS/c1-3-11-22-18-19-16-10-5-4-9-15(16)17(21)20(18)14-8-6-7-13(2)12-14/h3-10,12H,1,11H2,2H3. The first kappa shape index (κ1) is 14.6. The van der Waals surface area contributed by atoms with Crippen molar-refractivity contribution in [3.63, 3.8) is 0 Å². The molecule has 4 heteroatoms. The minimum atomic E-state index is -0.0391. The molecule has 0 N–H and O–H groups in total. The molecule has 1 heterocycles. The maximum absolute atomic E-state index is 12.9. The molecule has 0 fully saturated rings. The van der Waals surface area contributed by atoms with Crippen molar-refractivity contribution in [1.29, 1.82) is 0 Å². The van der Waals surface area contributed by atoms with E-state index < -0.39 is 0 Å². The molecule has 0 amide bonds. The van der Waals surface area contributed by atoms with Crippen LogP contribution in [0.4, 0.5) is 0 Å². The first-order valence-corrected chi connectivity index (χ1v) is 8.02. The van der Waals surface area contributed by atoms with Crippen molar-refractivity contribution < 1.29 is 0 Å². The van der Waals surface area contributed by atoms with Gasteiger partial charge in [-0.15, -0.1) is 6.58 Å². The van der Waals surface area contributed by atoms with Crippen molar-refractivity contribution in [3.8, 4) is 5.69 Å². The zero-order valence-electron chi connectivity index (χ0n) is 12.3. The summed E-state index contributed by atoms with van der Waals surface area (Å²) in [6.07, 6.45) is 1.81. The van der Waals surface area contributed by atoms with E-state index in [2.05, 4.69) is 11.6 Å². The third-order valence-corrected chi connectivity index (χ3v) is 4.27. The molecule has 2 aromatic carbocycles. The Balaban J connectivity index is 2.32. The van der Waals surface area contributed by atoms with E-state index in [1.807, 2.05) is 61.5 Å². The second-order valence-electron chi connectivity index (χ2n) is 4.99. The molecule has 0 saturated carbocycles. The van der Waals surface area contributed by atoms with Crippen LogP contribution in [0.15, 0.2) is 71.1 Å². The Morgan fingerprint density at radius 1 is 1.23 bits per heavy atom. The van der Waals surface area contributed by atoms with E-state index in [0.29, 0.717) is 16.3 Å².